The normalized spacial score (nSPS) is 19.6. The van der Waals surface area contributed by atoms with E-state index in [1.807, 2.05) is 17.9 Å². The third-order valence-corrected chi connectivity index (χ3v) is 2.61. The largest absolute Gasteiger partial charge is 0.342 e. The van der Waals surface area contributed by atoms with E-state index in [2.05, 4.69) is 6.58 Å². The van der Waals surface area contributed by atoms with Crippen LogP contribution in [0.4, 0.5) is 0 Å². The maximum Gasteiger partial charge on any atom is 0.225 e. The van der Waals surface area contributed by atoms with Gasteiger partial charge in [0.05, 0.1) is 0 Å². The third kappa shape index (κ3) is 2.87. The van der Waals surface area contributed by atoms with Gasteiger partial charge in [-0.1, -0.05) is 13.0 Å². The predicted octanol–water partition coefficient (Wildman–Crippen LogP) is 2.21. The highest BCUT2D eigenvalue weighted by Gasteiger charge is 2.20. The zero-order valence-electron chi connectivity index (χ0n) is 8.46. The molecule has 0 bridgehead atoms. The molecule has 0 aromatic carbocycles. The number of hydrogen-bond donors (Lipinski definition) is 0. The van der Waals surface area contributed by atoms with Crippen molar-refractivity contribution in [2.24, 2.45) is 5.92 Å². The molecule has 74 valence electrons. The van der Waals surface area contributed by atoms with Crippen LogP contribution >= 0.6 is 0 Å². The summed E-state index contributed by atoms with van der Waals surface area (Å²) in [7, 11) is 0. The molecule has 1 saturated heterocycles. The lowest BCUT2D eigenvalue weighted by Crippen LogP contribution is -2.38. The quantitative estimate of drug-likeness (QED) is 0.611. The van der Waals surface area contributed by atoms with Gasteiger partial charge in [-0.15, -0.1) is 6.58 Å². The molecule has 13 heavy (non-hydrogen) atoms. The molecular weight excluding hydrogens is 162 g/mol. The number of amides is 1. The van der Waals surface area contributed by atoms with Gasteiger partial charge in [-0.2, -0.15) is 0 Å². The molecule has 0 aromatic rings. The fraction of sp³-hybridized carbons (Fsp3) is 0.727. The molecule has 1 heterocycles. The first-order valence-corrected chi connectivity index (χ1v) is 5.15. The third-order valence-electron chi connectivity index (χ3n) is 2.61. The Kier molecular flexibility index (Phi) is 4.00. The number of piperidine rings is 1. The predicted molar refractivity (Wildman–Crippen MR) is 54.4 cm³/mol. The molecular formula is C11H19NO. The number of hydrogen-bond acceptors (Lipinski definition) is 1. The number of likely N-dealkylation sites (tertiary alicyclic amines) is 1. The lowest BCUT2D eigenvalue weighted by molar-refractivity contribution is -0.135. The van der Waals surface area contributed by atoms with Crippen molar-refractivity contribution in [2.45, 2.75) is 32.6 Å². The molecule has 2 nitrogen and oxygen atoms in total. The molecule has 0 radical (unpaired) electrons. The molecule has 0 aliphatic carbocycles. The van der Waals surface area contributed by atoms with Crippen molar-refractivity contribution in [1.29, 1.82) is 0 Å². The molecule has 0 saturated carbocycles. The topological polar surface area (TPSA) is 20.3 Å². The first-order chi connectivity index (χ1) is 6.25. The van der Waals surface area contributed by atoms with Crippen LogP contribution in [0.25, 0.3) is 0 Å². The van der Waals surface area contributed by atoms with Crippen LogP contribution in [0.3, 0.4) is 0 Å². The van der Waals surface area contributed by atoms with Gasteiger partial charge < -0.3 is 4.90 Å². The van der Waals surface area contributed by atoms with Crippen molar-refractivity contribution in [3.05, 3.63) is 12.7 Å². The smallest absolute Gasteiger partial charge is 0.225 e. The molecule has 1 aliphatic rings. The second kappa shape index (κ2) is 5.05. The maximum atomic E-state index is 11.8. The molecule has 1 fully saturated rings. The van der Waals surface area contributed by atoms with Gasteiger partial charge in [0, 0.05) is 19.0 Å². The number of carbonyl (C=O) groups is 1. The Morgan fingerprint density at radius 2 is 2.08 bits per heavy atom. The van der Waals surface area contributed by atoms with E-state index < -0.39 is 0 Å². The minimum atomic E-state index is 0.121. The van der Waals surface area contributed by atoms with E-state index in [0.717, 1.165) is 19.5 Å². The first-order valence-electron chi connectivity index (χ1n) is 5.15. The highest BCUT2D eigenvalue weighted by Crippen LogP contribution is 2.14. The highest BCUT2D eigenvalue weighted by atomic mass is 16.2. The van der Waals surface area contributed by atoms with Crippen molar-refractivity contribution in [2.75, 3.05) is 13.1 Å². The molecule has 1 rings (SSSR count). The van der Waals surface area contributed by atoms with Crippen LogP contribution in [-0.4, -0.2) is 23.9 Å². The van der Waals surface area contributed by atoms with Crippen LogP contribution in [0.2, 0.25) is 0 Å². The van der Waals surface area contributed by atoms with Crippen LogP contribution in [-0.2, 0) is 4.79 Å². The number of carbonyl (C=O) groups excluding carboxylic acids is 1. The van der Waals surface area contributed by atoms with Crippen LogP contribution in [0.1, 0.15) is 32.6 Å². The molecule has 1 atom stereocenters. The maximum absolute atomic E-state index is 11.8. The van der Waals surface area contributed by atoms with Gasteiger partial charge in [-0.3, -0.25) is 4.79 Å². The van der Waals surface area contributed by atoms with E-state index in [9.17, 15) is 4.79 Å². The van der Waals surface area contributed by atoms with E-state index in [-0.39, 0.29) is 5.92 Å². The summed E-state index contributed by atoms with van der Waals surface area (Å²) >= 11 is 0. The van der Waals surface area contributed by atoms with Gasteiger partial charge in [0.1, 0.15) is 0 Å². The Balaban J connectivity index is 2.40. The summed E-state index contributed by atoms with van der Waals surface area (Å²) in [6.07, 6.45) is 6.25. The van der Waals surface area contributed by atoms with Gasteiger partial charge >= 0.3 is 0 Å². The molecule has 1 amide bonds. The van der Waals surface area contributed by atoms with E-state index in [1.165, 1.54) is 19.3 Å². The monoisotopic (exact) mass is 181 g/mol. The van der Waals surface area contributed by atoms with Gasteiger partial charge in [0.25, 0.3) is 0 Å². The van der Waals surface area contributed by atoms with Gasteiger partial charge in [0.2, 0.25) is 5.91 Å². The van der Waals surface area contributed by atoms with Gasteiger partial charge in [-0.25, -0.2) is 0 Å². The van der Waals surface area contributed by atoms with Crippen LogP contribution in [0, 0.1) is 5.92 Å². The summed E-state index contributed by atoms with van der Waals surface area (Å²) in [5.74, 6) is 0.426. The summed E-state index contributed by atoms with van der Waals surface area (Å²) < 4.78 is 0. The Morgan fingerprint density at radius 1 is 1.46 bits per heavy atom. The molecule has 2 heteroatoms. The number of nitrogens with zero attached hydrogens (tertiary/aromatic N) is 1. The summed E-state index contributed by atoms with van der Waals surface area (Å²) in [6.45, 7) is 7.56. The molecule has 0 aromatic heterocycles. The first kappa shape index (κ1) is 10.3. The van der Waals surface area contributed by atoms with Crippen molar-refractivity contribution in [1.82, 2.24) is 4.90 Å². The van der Waals surface area contributed by atoms with Crippen LogP contribution in [0.5, 0.6) is 0 Å². The molecule has 0 spiro atoms. The SMILES string of the molecule is C=CCC(C)C(=O)N1CCCCC1. The second-order valence-electron chi connectivity index (χ2n) is 3.81. The van der Waals surface area contributed by atoms with E-state index in [4.69, 9.17) is 0 Å². The molecule has 1 aliphatic heterocycles. The minimum absolute atomic E-state index is 0.121. The van der Waals surface area contributed by atoms with E-state index >= 15 is 0 Å². The lowest BCUT2D eigenvalue weighted by Gasteiger charge is -2.28. The highest BCUT2D eigenvalue weighted by molar-refractivity contribution is 5.78. The Hall–Kier alpha value is -0.790. The van der Waals surface area contributed by atoms with Crippen molar-refractivity contribution < 1.29 is 4.79 Å². The fourth-order valence-electron chi connectivity index (χ4n) is 1.78. The number of rotatable bonds is 3. The fourth-order valence-corrected chi connectivity index (χ4v) is 1.78. The summed E-state index contributed by atoms with van der Waals surface area (Å²) in [5.41, 5.74) is 0. The zero-order chi connectivity index (χ0) is 9.68. The summed E-state index contributed by atoms with van der Waals surface area (Å²) in [6, 6.07) is 0. The van der Waals surface area contributed by atoms with Crippen molar-refractivity contribution in [3.63, 3.8) is 0 Å². The van der Waals surface area contributed by atoms with E-state index in [0.29, 0.717) is 5.91 Å². The van der Waals surface area contributed by atoms with Gasteiger partial charge in [0.15, 0.2) is 0 Å². The Labute approximate surface area is 80.6 Å². The zero-order valence-corrected chi connectivity index (χ0v) is 8.46. The van der Waals surface area contributed by atoms with Crippen LogP contribution < -0.4 is 0 Å². The Morgan fingerprint density at radius 3 is 2.62 bits per heavy atom. The Bertz CT molecular complexity index is 183. The molecule has 0 N–H and O–H groups in total. The van der Waals surface area contributed by atoms with Gasteiger partial charge in [-0.05, 0) is 25.7 Å². The van der Waals surface area contributed by atoms with E-state index in [1.54, 1.807) is 0 Å². The van der Waals surface area contributed by atoms with Crippen molar-refractivity contribution >= 4 is 5.91 Å². The minimum Gasteiger partial charge on any atom is -0.342 e. The average molecular weight is 181 g/mol. The standard InChI is InChI=1S/C11H19NO/c1-3-7-10(2)11(13)12-8-5-4-6-9-12/h3,10H,1,4-9H2,2H3. The summed E-state index contributed by atoms with van der Waals surface area (Å²) in [5, 5.41) is 0. The average Bonchev–Trinajstić information content (AvgIpc) is 2.18. The van der Waals surface area contributed by atoms with Crippen LogP contribution in [0.15, 0.2) is 12.7 Å². The van der Waals surface area contributed by atoms with Crippen molar-refractivity contribution in [3.8, 4) is 0 Å². The number of allylic oxidation sites excluding steroid dienone is 1. The summed E-state index contributed by atoms with van der Waals surface area (Å²) in [4.78, 5) is 13.8. The molecule has 1 unspecified atom stereocenters. The second-order valence-corrected chi connectivity index (χ2v) is 3.81. The lowest BCUT2D eigenvalue weighted by atomic mass is 10.0.